The fourth-order valence-corrected chi connectivity index (χ4v) is 3.60. The summed E-state index contributed by atoms with van der Waals surface area (Å²) >= 11 is 0. The molecule has 1 aliphatic rings. The van der Waals surface area contributed by atoms with Gasteiger partial charge in [0.25, 0.3) is 5.91 Å². The predicted molar refractivity (Wildman–Crippen MR) is 100 cm³/mol. The van der Waals surface area contributed by atoms with E-state index >= 15 is 0 Å². The molecular weight excluding hydrogens is 383 g/mol. The van der Waals surface area contributed by atoms with Gasteiger partial charge in [-0.25, -0.2) is 4.68 Å². The Bertz CT molecular complexity index is 1040. The number of nitrogens with zero attached hydrogens (tertiary/aromatic N) is 2. The van der Waals surface area contributed by atoms with Gasteiger partial charge < -0.3 is 10.1 Å². The third kappa shape index (κ3) is 3.57. The SMILES string of the molecule is CC(C)c1c2c(nn1-c1ccc(OC(F)(F)F)cc1)C(=O)NC2c1ccccc1. The minimum atomic E-state index is -4.75. The maximum Gasteiger partial charge on any atom is 0.573 e. The van der Waals surface area contributed by atoms with Crippen LogP contribution in [0.3, 0.4) is 0 Å². The summed E-state index contributed by atoms with van der Waals surface area (Å²) < 4.78 is 42.8. The highest BCUT2D eigenvalue weighted by Crippen LogP contribution is 2.38. The van der Waals surface area contributed by atoms with Crippen molar-refractivity contribution < 1.29 is 22.7 Å². The zero-order valence-corrected chi connectivity index (χ0v) is 15.7. The van der Waals surface area contributed by atoms with E-state index in [0.29, 0.717) is 11.4 Å². The second-order valence-electron chi connectivity index (χ2n) is 7.07. The van der Waals surface area contributed by atoms with E-state index in [0.717, 1.165) is 16.8 Å². The minimum absolute atomic E-state index is 0.0243. The monoisotopic (exact) mass is 401 g/mol. The first kappa shape index (κ1) is 19.0. The number of hydrogen-bond donors (Lipinski definition) is 1. The second kappa shape index (κ2) is 6.95. The normalized spacial score (nSPS) is 16.1. The van der Waals surface area contributed by atoms with Crippen molar-refractivity contribution in [2.45, 2.75) is 32.2 Å². The van der Waals surface area contributed by atoms with E-state index in [-0.39, 0.29) is 23.6 Å². The number of amides is 1. The van der Waals surface area contributed by atoms with Crippen LogP contribution in [0, 0.1) is 0 Å². The first-order valence-electron chi connectivity index (χ1n) is 9.09. The average Bonchev–Trinajstić information content (AvgIpc) is 3.20. The molecule has 0 radical (unpaired) electrons. The molecule has 0 saturated heterocycles. The molecule has 0 spiro atoms. The number of halogens is 3. The molecule has 1 aromatic heterocycles. The van der Waals surface area contributed by atoms with E-state index in [4.69, 9.17) is 0 Å². The van der Waals surface area contributed by atoms with Crippen molar-refractivity contribution in [1.29, 1.82) is 0 Å². The number of nitrogens with one attached hydrogen (secondary N) is 1. The molecule has 1 aliphatic heterocycles. The van der Waals surface area contributed by atoms with Crippen molar-refractivity contribution in [3.05, 3.63) is 77.1 Å². The van der Waals surface area contributed by atoms with Gasteiger partial charge in [-0.15, -0.1) is 13.2 Å². The predicted octanol–water partition coefficient (Wildman–Crippen LogP) is 4.73. The number of carbonyl (C=O) groups excluding carboxylic acids is 1. The molecule has 150 valence electrons. The second-order valence-corrected chi connectivity index (χ2v) is 7.07. The highest BCUT2D eigenvalue weighted by atomic mass is 19.4. The standard InChI is InChI=1S/C21H18F3N3O2/c1-12(2)19-16-17(13-6-4-3-5-7-13)25-20(28)18(16)26-27(19)14-8-10-15(11-9-14)29-21(22,23)24/h3-12,17H,1-2H3,(H,25,28). The molecule has 2 aromatic carbocycles. The molecule has 4 rings (SSSR count). The molecule has 1 unspecified atom stereocenters. The lowest BCUT2D eigenvalue weighted by molar-refractivity contribution is -0.274. The van der Waals surface area contributed by atoms with E-state index in [1.807, 2.05) is 44.2 Å². The van der Waals surface area contributed by atoms with Gasteiger partial charge in [0, 0.05) is 5.56 Å². The number of ether oxygens (including phenoxy) is 1. The highest BCUT2D eigenvalue weighted by Gasteiger charge is 2.38. The Hall–Kier alpha value is -3.29. The molecule has 8 heteroatoms. The molecule has 29 heavy (non-hydrogen) atoms. The highest BCUT2D eigenvalue weighted by molar-refractivity contribution is 5.98. The van der Waals surface area contributed by atoms with Crippen molar-refractivity contribution in [3.8, 4) is 11.4 Å². The maximum absolute atomic E-state index is 12.5. The zero-order valence-electron chi connectivity index (χ0n) is 15.7. The molecule has 0 bridgehead atoms. The van der Waals surface area contributed by atoms with Crippen molar-refractivity contribution in [3.63, 3.8) is 0 Å². The Balaban J connectivity index is 1.79. The van der Waals surface area contributed by atoms with Crippen LogP contribution < -0.4 is 10.1 Å². The topological polar surface area (TPSA) is 56.2 Å². The number of carbonyl (C=O) groups is 1. The molecule has 1 amide bonds. The third-order valence-corrected chi connectivity index (χ3v) is 4.73. The van der Waals surface area contributed by atoms with Crippen molar-refractivity contribution in [1.82, 2.24) is 15.1 Å². The van der Waals surface area contributed by atoms with Crippen LogP contribution in [0.15, 0.2) is 54.6 Å². The van der Waals surface area contributed by atoms with E-state index in [1.54, 1.807) is 4.68 Å². The summed E-state index contributed by atoms with van der Waals surface area (Å²) in [4.78, 5) is 12.5. The first-order valence-corrected chi connectivity index (χ1v) is 9.09. The Morgan fingerprint density at radius 3 is 2.31 bits per heavy atom. The maximum atomic E-state index is 12.5. The number of rotatable bonds is 4. The Morgan fingerprint density at radius 2 is 1.72 bits per heavy atom. The van der Waals surface area contributed by atoms with Gasteiger partial charge in [0.15, 0.2) is 5.69 Å². The Kier molecular flexibility index (Phi) is 4.56. The van der Waals surface area contributed by atoms with Crippen LogP contribution >= 0.6 is 0 Å². The van der Waals surface area contributed by atoms with Crippen LogP contribution in [0.2, 0.25) is 0 Å². The molecular formula is C21H18F3N3O2. The Morgan fingerprint density at radius 1 is 1.07 bits per heavy atom. The lowest BCUT2D eigenvalue weighted by Gasteiger charge is -2.18. The molecule has 2 heterocycles. The van der Waals surface area contributed by atoms with Crippen molar-refractivity contribution in [2.24, 2.45) is 0 Å². The molecule has 0 saturated carbocycles. The molecule has 5 nitrogen and oxygen atoms in total. The van der Waals surface area contributed by atoms with Crippen LogP contribution in [0.25, 0.3) is 5.69 Å². The number of benzene rings is 2. The van der Waals surface area contributed by atoms with Crippen LogP contribution in [0.1, 0.15) is 53.1 Å². The molecule has 1 atom stereocenters. The fraction of sp³-hybridized carbons (Fsp3) is 0.238. The number of aromatic nitrogens is 2. The van der Waals surface area contributed by atoms with E-state index in [2.05, 4.69) is 15.2 Å². The minimum Gasteiger partial charge on any atom is -0.406 e. The van der Waals surface area contributed by atoms with Crippen molar-refractivity contribution in [2.75, 3.05) is 0 Å². The number of alkyl halides is 3. The smallest absolute Gasteiger partial charge is 0.406 e. The summed E-state index contributed by atoms with van der Waals surface area (Å²) in [6.45, 7) is 3.97. The molecule has 3 aromatic rings. The van der Waals surface area contributed by atoms with Gasteiger partial charge in [0.2, 0.25) is 0 Å². The van der Waals surface area contributed by atoms with Crippen molar-refractivity contribution >= 4 is 5.91 Å². The van der Waals surface area contributed by atoms with Crippen LogP contribution in [0.4, 0.5) is 13.2 Å². The largest absolute Gasteiger partial charge is 0.573 e. The molecule has 0 aliphatic carbocycles. The van der Waals surface area contributed by atoms with Crippen LogP contribution in [-0.2, 0) is 0 Å². The summed E-state index contributed by atoms with van der Waals surface area (Å²) in [7, 11) is 0. The summed E-state index contributed by atoms with van der Waals surface area (Å²) in [6, 6.07) is 14.7. The molecule has 0 fully saturated rings. The van der Waals surface area contributed by atoms with Crippen LogP contribution in [-0.4, -0.2) is 22.1 Å². The summed E-state index contributed by atoms with van der Waals surface area (Å²) in [5.41, 5.74) is 3.45. The van der Waals surface area contributed by atoms with E-state index in [9.17, 15) is 18.0 Å². The lowest BCUT2D eigenvalue weighted by atomic mass is 9.95. The van der Waals surface area contributed by atoms with Gasteiger partial charge in [-0.1, -0.05) is 44.2 Å². The Labute approximate surface area is 165 Å². The van der Waals surface area contributed by atoms with Gasteiger partial charge in [-0.3, -0.25) is 4.79 Å². The summed E-state index contributed by atoms with van der Waals surface area (Å²) in [5.74, 6) is -0.560. The van der Waals surface area contributed by atoms with E-state index in [1.165, 1.54) is 24.3 Å². The van der Waals surface area contributed by atoms with Gasteiger partial charge >= 0.3 is 6.36 Å². The quantitative estimate of drug-likeness (QED) is 0.688. The van der Waals surface area contributed by atoms with Gasteiger partial charge in [-0.05, 0) is 35.7 Å². The van der Waals surface area contributed by atoms with Gasteiger partial charge in [0.05, 0.1) is 17.4 Å². The number of hydrogen-bond acceptors (Lipinski definition) is 3. The fourth-order valence-electron chi connectivity index (χ4n) is 3.60. The van der Waals surface area contributed by atoms with Gasteiger partial charge in [-0.2, -0.15) is 5.10 Å². The number of fused-ring (bicyclic) bond motifs is 1. The molecule has 1 N–H and O–H groups in total. The zero-order chi connectivity index (χ0) is 20.8. The summed E-state index contributed by atoms with van der Waals surface area (Å²) in [5, 5.41) is 7.45. The van der Waals surface area contributed by atoms with E-state index < -0.39 is 6.36 Å². The first-order chi connectivity index (χ1) is 13.7. The van der Waals surface area contributed by atoms with Gasteiger partial charge in [0.1, 0.15) is 5.75 Å². The lowest BCUT2D eigenvalue weighted by Crippen LogP contribution is -2.22. The third-order valence-electron chi connectivity index (χ3n) is 4.73. The summed E-state index contributed by atoms with van der Waals surface area (Å²) in [6.07, 6.45) is -4.75. The average molecular weight is 401 g/mol. The van der Waals surface area contributed by atoms with Crippen LogP contribution in [0.5, 0.6) is 5.75 Å².